The van der Waals surface area contributed by atoms with E-state index < -0.39 is 0 Å². The van der Waals surface area contributed by atoms with E-state index >= 15 is 0 Å². The molecule has 1 aromatic rings. The maximum absolute atomic E-state index is 13.1. The molecule has 1 aliphatic rings. The highest BCUT2D eigenvalue weighted by Gasteiger charge is 2.41. The first-order chi connectivity index (χ1) is 11.0. The van der Waals surface area contributed by atoms with Crippen LogP contribution in [0.3, 0.4) is 0 Å². The van der Waals surface area contributed by atoms with E-state index in [1.807, 2.05) is 6.07 Å². The Hall–Kier alpha value is -1.35. The fraction of sp³-hybridized carbons (Fsp3) is 0.650. The molecule has 0 spiro atoms. The van der Waals surface area contributed by atoms with Gasteiger partial charge in [0.05, 0.1) is 19.6 Å². The average Bonchev–Trinajstić information content (AvgIpc) is 2.53. The Morgan fingerprint density at radius 3 is 2.26 bits per heavy atom. The van der Waals surface area contributed by atoms with E-state index in [2.05, 4.69) is 45.1 Å². The molecule has 0 aliphatic carbocycles. The fourth-order valence-electron chi connectivity index (χ4n) is 4.32. The predicted octanol–water partition coefficient (Wildman–Crippen LogP) is 4.43. The maximum atomic E-state index is 13.1. The van der Waals surface area contributed by atoms with Gasteiger partial charge in [0.2, 0.25) is 0 Å². The zero-order valence-electron chi connectivity index (χ0n) is 15.3. The SMILES string of the molecule is CCC[N+]1([C@H](CC)C(=O)Nc2c(C)cccc2C)CCCCC1. The minimum absolute atomic E-state index is 0.0780. The number of nitrogens with one attached hydrogen (secondary N) is 1. The smallest absolute Gasteiger partial charge is 0.282 e. The molecule has 0 radical (unpaired) electrons. The number of aryl methyl sites for hydroxylation is 2. The van der Waals surface area contributed by atoms with Crippen molar-refractivity contribution >= 4 is 11.6 Å². The van der Waals surface area contributed by atoms with Crippen LogP contribution in [0.1, 0.15) is 57.1 Å². The van der Waals surface area contributed by atoms with Gasteiger partial charge >= 0.3 is 0 Å². The summed E-state index contributed by atoms with van der Waals surface area (Å²) in [6.07, 6.45) is 5.89. The van der Waals surface area contributed by atoms with E-state index in [1.165, 1.54) is 19.3 Å². The molecule has 1 amide bonds. The molecule has 0 saturated carbocycles. The number of carbonyl (C=O) groups excluding carboxylic acids is 1. The van der Waals surface area contributed by atoms with Gasteiger partial charge in [-0.25, -0.2) is 0 Å². The number of hydrogen-bond donors (Lipinski definition) is 1. The summed E-state index contributed by atoms with van der Waals surface area (Å²) in [6.45, 7) is 12.0. The zero-order valence-corrected chi connectivity index (χ0v) is 15.3. The number of amides is 1. The van der Waals surface area contributed by atoms with Crippen molar-refractivity contribution in [1.82, 2.24) is 0 Å². The predicted molar refractivity (Wildman–Crippen MR) is 97.6 cm³/mol. The van der Waals surface area contributed by atoms with Crippen LogP contribution in [-0.2, 0) is 4.79 Å². The van der Waals surface area contributed by atoms with Gasteiger partial charge < -0.3 is 9.80 Å². The number of hydrogen-bond acceptors (Lipinski definition) is 1. The first kappa shape index (κ1) is 18.0. The van der Waals surface area contributed by atoms with E-state index in [-0.39, 0.29) is 11.9 Å². The van der Waals surface area contributed by atoms with Crippen molar-refractivity contribution in [2.24, 2.45) is 0 Å². The van der Waals surface area contributed by atoms with E-state index in [0.717, 1.165) is 53.8 Å². The third-order valence-corrected chi connectivity index (χ3v) is 5.46. The van der Waals surface area contributed by atoms with Gasteiger partial charge in [-0.15, -0.1) is 0 Å². The van der Waals surface area contributed by atoms with Crippen molar-refractivity contribution in [3.05, 3.63) is 29.3 Å². The second-order valence-corrected chi connectivity index (χ2v) is 7.13. The lowest BCUT2D eigenvalue weighted by atomic mass is 9.99. The molecule has 1 aromatic carbocycles. The number of carbonyl (C=O) groups is 1. The summed E-state index contributed by atoms with van der Waals surface area (Å²) in [4.78, 5) is 13.1. The summed E-state index contributed by atoms with van der Waals surface area (Å²) < 4.78 is 0.990. The second-order valence-electron chi connectivity index (χ2n) is 7.13. The van der Waals surface area contributed by atoms with E-state index in [4.69, 9.17) is 0 Å². The highest BCUT2D eigenvalue weighted by Crippen LogP contribution is 2.27. The monoisotopic (exact) mass is 317 g/mol. The van der Waals surface area contributed by atoms with Crippen LogP contribution >= 0.6 is 0 Å². The van der Waals surface area contributed by atoms with Crippen LogP contribution in [0.5, 0.6) is 0 Å². The van der Waals surface area contributed by atoms with Gasteiger partial charge in [-0.3, -0.25) is 4.79 Å². The van der Waals surface area contributed by atoms with Gasteiger partial charge in [0.25, 0.3) is 5.91 Å². The van der Waals surface area contributed by atoms with Gasteiger partial charge in [0.1, 0.15) is 0 Å². The molecular formula is C20H33N2O+. The lowest BCUT2D eigenvalue weighted by Gasteiger charge is -2.46. The summed E-state index contributed by atoms with van der Waals surface area (Å²) >= 11 is 0. The second kappa shape index (κ2) is 7.96. The third kappa shape index (κ3) is 3.95. The molecule has 128 valence electrons. The van der Waals surface area contributed by atoms with Crippen LogP contribution in [0.4, 0.5) is 5.69 Å². The van der Waals surface area contributed by atoms with Gasteiger partial charge in [0.15, 0.2) is 6.04 Å². The van der Waals surface area contributed by atoms with Crippen molar-refractivity contribution in [3.63, 3.8) is 0 Å². The molecule has 0 unspecified atom stereocenters. The van der Waals surface area contributed by atoms with Crippen molar-refractivity contribution in [2.75, 3.05) is 25.0 Å². The lowest BCUT2D eigenvalue weighted by molar-refractivity contribution is -0.946. The number of nitrogens with zero attached hydrogens (tertiary/aromatic N) is 1. The number of quaternary nitrogens is 1. The molecule has 23 heavy (non-hydrogen) atoms. The van der Waals surface area contributed by atoms with E-state index in [1.54, 1.807) is 0 Å². The molecule has 1 aliphatic heterocycles. The highest BCUT2D eigenvalue weighted by atomic mass is 16.2. The quantitative estimate of drug-likeness (QED) is 0.773. The third-order valence-electron chi connectivity index (χ3n) is 5.46. The minimum Gasteiger partial charge on any atom is -0.320 e. The zero-order chi connectivity index (χ0) is 16.9. The summed E-state index contributed by atoms with van der Waals surface area (Å²) in [5.41, 5.74) is 3.30. The average molecular weight is 317 g/mol. The van der Waals surface area contributed by atoms with Crippen LogP contribution in [0.15, 0.2) is 18.2 Å². The van der Waals surface area contributed by atoms with Gasteiger partial charge in [0, 0.05) is 12.1 Å². The van der Waals surface area contributed by atoms with Crippen LogP contribution in [0, 0.1) is 13.8 Å². The van der Waals surface area contributed by atoms with Gasteiger partial charge in [-0.05, 0) is 50.7 Å². The largest absolute Gasteiger partial charge is 0.320 e. The van der Waals surface area contributed by atoms with Crippen molar-refractivity contribution < 1.29 is 9.28 Å². The molecule has 3 nitrogen and oxygen atoms in total. The summed E-state index contributed by atoms with van der Waals surface area (Å²) in [5.74, 6) is 0.209. The Bertz CT molecular complexity index is 507. The van der Waals surface area contributed by atoms with E-state index in [0.29, 0.717) is 0 Å². The Labute approximate surface area is 141 Å². The van der Waals surface area contributed by atoms with Crippen LogP contribution < -0.4 is 5.32 Å². The van der Waals surface area contributed by atoms with Crippen LogP contribution in [-0.4, -0.2) is 36.1 Å². The first-order valence-corrected chi connectivity index (χ1v) is 9.27. The molecular weight excluding hydrogens is 284 g/mol. The Kier molecular flexibility index (Phi) is 6.23. The molecule has 0 aromatic heterocycles. The van der Waals surface area contributed by atoms with Crippen molar-refractivity contribution in [3.8, 4) is 0 Å². The Morgan fingerprint density at radius 2 is 1.74 bits per heavy atom. The molecule has 2 rings (SSSR count). The molecule has 3 heteroatoms. The molecule has 1 fully saturated rings. The number of likely N-dealkylation sites (tertiary alicyclic amines) is 1. The molecule has 1 saturated heterocycles. The van der Waals surface area contributed by atoms with Crippen LogP contribution in [0.25, 0.3) is 0 Å². The molecule has 1 atom stereocenters. The standard InChI is InChI=1S/C20H32N2O/c1-5-13-22(14-8-7-9-15-22)18(6-2)20(23)21-19-16(3)11-10-12-17(19)4/h10-12,18H,5-9,13-15H2,1-4H3/p+1/t18-/m1/s1. The Morgan fingerprint density at radius 1 is 1.13 bits per heavy atom. The highest BCUT2D eigenvalue weighted by molar-refractivity contribution is 5.95. The number of benzene rings is 1. The summed E-state index contributed by atoms with van der Waals surface area (Å²) in [7, 11) is 0. The van der Waals surface area contributed by atoms with E-state index in [9.17, 15) is 4.79 Å². The van der Waals surface area contributed by atoms with Crippen LogP contribution in [0.2, 0.25) is 0 Å². The summed E-state index contributed by atoms with van der Waals surface area (Å²) in [5, 5.41) is 3.26. The Balaban J connectivity index is 2.23. The fourth-order valence-corrected chi connectivity index (χ4v) is 4.32. The minimum atomic E-state index is 0.0780. The number of para-hydroxylation sites is 1. The first-order valence-electron chi connectivity index (χ1n) is 9.27. The van der Waals surface area contributed by atoms with Crippen molar-refractivity contribution in [2.45, 2.75) is 65.8 Å². The maximum Gasteiger partial charge on any atom is 0.282 e. The van der Waals surface area contributed by atoms with Gasteiger partial charge in [-0.1, -0.05) is 32.0 Å². The van der Waals surface area contributed by atoms with Crippen molar-refractivity contribution in [1.29, 1.82) is 0 Å². The molecule has 1 N–H and O–H groups in total. The normalized spacial score (nSPS) is 18.4. The number of piperidine rings is 1. The molecule has 0 bridgehead atoms. The number of rotatable bonds is 6. The number of anilines is 1. The summed E-state index contributed by atoms with van der Waals surface area (Å²) in [6, 6.07) is 6.27. The lowest BCUT2D eigenvalue weighted by Crippen LogP contribution is -2.62. The van der Waals surface area contributed by atoms with Gasteiger partial charge in [-0.2, -0.15) is 0 Å². The molecule has 1 heterocycles. The topological polar surface area (TPSA) is 29.1 Å².